The minimum Gasteiger partial charge on any atom is -0.322 e. The molecule has 1 amide bonds. The molecule has 5 nitrogen and oxygen atoms in total. The summed E-state index contributed by atoms with van der Waals surface area (Å²) in [5.74, 6) is -0.699. The number of benzene rings is 1. The number of hydrogen-bond donors (Lipinski definition) is 1. The molecule has 2 aromatic rings. The molecule has 0 spiro atoms. The van der Waals surface area contributed by atoms with Crippen LogP contribution in [0.1, 0.15) is 31.7 Å². The Morgan fingerprint density at radius 1 is 1.19 bits per heavy atom. The van der Waals surface area contributed by atoms with Gasteiger partial charge in [0.15, 0.2) is 0 Å². The molecule has 0 saturated heterocycles. The van der Waals surface area contributed by atoms with E-state index in [1.807, 2.05) is 0 Å². The monoisotopic (exact) mass is 346 g/mol. The van der Waals surface area contributed by atoms with Crippen molar-refractivity contribution in [3.05, 3.63) is 18.2 Å². The number of nitrogens with zero attached hydrogens (tertiary/aromatic N) is 3. The number of carbonyl (C=O) groups excluding carboxylic acids is 1. The van der Waals surface area contributed by atoms with Crippen molar-refractivity contribution in [2.75, 3.05) is 5.32 Å². The van der Waals surface area contributed by atoms with Gasteiger partial charge in [0, 0.05) is 5.69 Å². The van der Waals surface area contributed by atoms with Crippen LogP contribution in [0.5, 0.6) is 0 Å². The number of hydrogen-bond acceptors (Lipinski definition) is 3. The molecule has 1 aromatic heterocycles. The van der Waals surface area contributed by atoms with Gasteiger partial charge in [-0.3, -0.25) is 4.79 Å². The van der Waals surface area contributed by atoms with Gasteiger partial charge >= 0.3 is 0 Å². The highest BCUT2D eigenvalue weighted by Crippen LogP contribution is 2.30. The minimum absolute atomic E-state index is 0.372. The highest BCUT2D eigenvalue weighted by atomic mass is 35.6. The number of aromatic nitrogens is 3. The molecule has 0 bridgehead atoms. The van der Waals surface area contributed by atoms with Gasteiger partial charge in [-0.05, 0) is 31.0 Å². The summed E-state index contributed by atoms with van der Waals surface area (Å²) in [7, 11) is 0. The van der Waals surface area contributed by atoms with Gasteiger partial charge in [-0.15, -0.1) is 0 Å². The van der Waals surface area contributed by atoms with E-state index in [0.29, 0.717) is 17.2 Å². The van der Waals surface area contributed by atoms with Crippen molar-refractivity contribution in [1.82, 2.24) is 15.0 Å². The van der Waals surface area contributed by atoms with Crippen LogP contribution < -0.4 is 5.32 Å². The Morgan fingerprint density at radius 3 is 2.52 bits per heavy atom. The molecule has 112 valence electrons. The Bertz CT molecular complexity index is 674. The van der Waals surface area contributed by atoms with Crippen LogP contribution >= 0.6 is 34.8 Å². The maximum absolute atomic E-state index is 11.6. The zero-order valence-electron chi connectivity index (χ0n) is 11.0. The number of carbonyl (C=O) groups is 1. The van der Waals surface area contributed by atoms with Crippen LogP contribution in [0.3, 0.4) is 0 Å². The number of fused-ring (bicyclic) bond motifs is 1. The lowest BCUT2D eigenvalue weighted by Crippen LogP contribution is -2.26. The molecule has 1 N–H and O–H groups in total. The fraction of sp³-hybridized carbons (Fsp3) is 0.462. The molecule has 1 fully saturated rings. The third-order valence-corrected chi connectivity index (χ3v) is 4.08. The zero-order chi connectivity index (χ0) is 15.0. The number of amides is 1. The molecule has 0 atom stereocenters. The average Bonchev–Trinajstić information content (AvgIpc) is 3.05. The maximum Gasteiger partial charge on any atom is 0.276 e. The van der Waals surface area contributed by atoms with Gasteiger partial charge < -0.3 is 5.32 Å². The summed E-state index contributed by atoms with van der Waals surface area (Å²) in [6.07, 6.45) is 4.65. The van der Waals surface area contributed by atoms with Crippen molar-refractivity contribution in [3.63, 3.8) is 0 Å². The van der Waals surface area contributed by atoms with Gasteiger partial charge in [0.2, 0.25) is 0 Å². The predicted octanol–water partition coefficient (Wildman–Crippen LogP) is 3.86. The van der Waals surface area contributed by atoms with Crippen molar-refractivity contribution in [2.24, 2.45) is 0 Å². The predicted molar refractivity (Wildman–Crippen MR) is 84.0 cm³/mol. The first-order valence-electron chi connectivity index (χ1n) is 6.68. The van der Waals surface area contributed by atoms with E-state index in [1.165, 1.54) is 12.8 Å². The molecule has 21 heavy (non-hydrogen) atoms. The van der Waals surface area contributed by atoms with Crippen LogP contribution in [0, 0.1) is 0 Å². The molecule has 0 unspecified atom stereocenters. The Morgan fingerprint density at radius 2 is 1.86 bits per heavy atom. The van der Waals surface area contributed by atoms with Crippen molar-refractivity contribution in [2.45, 2.75) is 35.5 Å². The highest BCUT2D eigenvalue weighted by molar-refractivity contribution is 6.76. The lowest BCUT2D eigenvalue weighted by Gasteiger charge is -2.10. The van der Waals surface area contributed by atoms with Crippen molar-refractivity contribution in [3.8, 4) is 0 Å². The second kappa shape index (κ2) is 5.63. The highest BCUT2D eigenvalue weighted by Gasteiger charge is 2.30. The van der Waals surface area contributed by atoms with Gasteiger partial charge in [0.05, 0.1) is 6.04 Å². The van der Waals surface area contributed by atoms with Crippen LogP contribution in [0.2, 0.25) is 0 Å². The molecule has 0 aliphatic heterocycles. The molecular weight excluding hydrogens is 335 g/mol. The summed E-state index contributed by atoms with van der Waals surface area (Å²) in [6, 6.07) is 5.60. The SMILES string of the molecule is O=C(Nc1ccc2nn(C3CCCC3)nc2c1)C(Cl)(Cl)Cl. The molecule has 1 saturated carbocycles. The van der Waals surface area contributed by atoms with Gasteiger partial charge in [-0.1, -0.05) is 47.6 Å². The van der Waals surface area contributed by atoms with E-state index in [4.69, 9.17) is 34.8 Å². The molecule has 0 radical (unpaired) electrons. The first-order chi connectivity index (χ1) is 9.93. The summed E-state index contributed by atoms with van der Waals surface area (Å²) >= 11 is 16.6. The quantitative estimate of drug-likeness (QED) is 0.839. The minimum atomic E-state index is -1.99. The van der Waals surface area contributed by atoms with Crippen LogP contribution in [0.15, 0.2) is 18.2 Å². The number of alkyl halides is 3. The number of nitrogens with one attached hydrogen (secondary N) is 1. The van der Waals surface area contributed by atoms with E-state index in [1.54, 1.807) is 23.0 Å². The fourth-order valence-electron chi connectivity index (χ4n) is 2.51. The first-order valence-corrected chi connectivity index (χ1v) is 7.81. The zero-order valence-corrected chi connectivity index (χ0v) is 13.3. The molecule has 8 heteroatoms. The van der Waals surface area contributed by atoms with E-state index < -0.39 is 9.70 Å². The van der Waals surface area contributed by atoms with Gasteiger partial charge in [0.1, 0.15) is 11.0 Å². The Hall–Kier alpha value is -1.04. The first kappa shape index (κ1) is 14.9. The van der Waals surface area contributed by atoms with Crippen LogP contribution in [-0.4, -0.2) is 24.7 Å². The van der Waals surface area contributed by atoms with E-state index >= 15 is 0 Å². The molecule has 1 aromatic carbocycles. The molecule has 1 aliphatic rings. The number of anilines is 1. The topological polar surface area (TPSA) is 59.8 Å². The molecule has 1 heterocycles. The smallest absolute Gasteiger partial charge is 0.276 e. The second-order valence-corrected chi connectivity index (χ2v) is 7.40. The Labute approximate surface area is 136 Å². The summed E-state index contributed by atoms with van der Waals surface area (Å²) in [5.41, 5.74) is 2.02. The average molecular weight is 348 g/mol. The van der Waals surface area contributed by atoms with Crippen molar-refractivity contribution in [1.29, 1.82) is 0 Å². The van der Waals surface area contributed by atoms with E-state index in [9.17, 15) is 4.79 Å². The van der Waals surface area contributed by atoms with E-state index in [2.05, 4.69) is 15.5 Å². The lowest BCUT2D eigenvalue weighted by molar-refractivity contribution is -0.115. The summed E-state index contributed by atoms with van der Waals surface area (Å²) in [4.78, 5) is 13.4. The van der Waals surface area contributed by atoms with Crippen molar-refractivity contribution >= 4 is 57.4 Å². The normalized spacial score (nSPS) is 16.5. The maximum atomic E-state index is 11.6. The van der Waals surface area contributed by atoms with E-state index in [0.717, 1.165) is 18.4 Å². The Kier molecular flexibility index (Phi) is 3.99. The molecule has 3 rings (SSSR count). The second-order valence-electron chi connectivity index (χ2n) is 5.11. The number of rotatable bonds is 2. The Balaban J connectivity index is 1.84. The largest absolute Gasteiger partial charge is 0.322 e. The van der Waals surface area contributed by atoms with Gasteiger partial charge in [-0.2, -0.15) is 15.0 Å². The number of halogens is 3. The molecule has 1 aliphatic carbocycles. The van der Waals surface area contributed by atoms with E-state index in [-0.39, 0.29) is 0 Å². The fourth-order valence-corrected chi connectivity index (χ4v) is 2.65. The summed E-state index contributed by atoms with van der Waals surface area (Å²) in [6.45, 7) is 0. The third kappa shape index (κ3) is 3.25. The summed E-state index contributed by atoms with van der Waals surface area (Å²) in [5, 5.41) is 11.5. The van der Waals surface area contributed by atoms with Crippen LogP contribution in [-0.2, 0) is 4.79 Å². The van der Waals surface area contributed by atoms with Crippen LogP contribution in [0.4, 0.5) is 5.69 Å². The standard InChI is InChI=1S/C13H13Cl3N4O/c14-13(15,16)12(21)17-8-5-6-10-11(7-8)19-20(18-10)9-3-1-2-4-9/h5-7,9H,1-4H2,(H,17,21). The van der Waals surface area contributed by atoms with Crippen molar-refractivity contribution < 1.29 is 4.79 Å². The summed E-state index contributed by atoms with van der Waals surface area (Å²) < 4.78 is -1.99. The molecular formula is C13H13Cl3N4O. The lowest BCUT2D eigenvalue weighted by atomic mass is 10.3. The van der Waals surface area contributed by atoms with Gasteiger partial charge in [0.25, 0.3) is 9.70 Å². The van der Waals surface area contributed by atoms with Gasteiger partial charge in [-0.25, -0.2) is 0 Å². The van der Waals surface area contributed by atoms with Crippen LogP contribution in [0.25, 0.3) is 11.0 Å². The third-order valence-electron chi connectivity index (χ3n) is 3.56.